The molecule has 0 aromatic heterocycles. The van der Waals surface area contributed by atoms with Crippen molar-refractivity contribution in [1.82, 2.24) is 0 Å². The van der Waals surface area contributed by atoms with Crippen LogP contribution in [-0.2, 0) is 19.4 Å². The summed E-state index contributed by atoms with van der Waals surface area (Å²) in [5, 5.41) is 8.82. The molecule has 2 aromatic carbocycles. The van der Waals surface area contributed by atoms with E-state index in [2.05, 4.69) is 0 Å². The fourth-order valence-corrected chi connectivity index (χ4v) is 6.10. The first-order chi connectivity index (χ1) is 12.8. The minimum atomic E-state index is -3.86. The maximum Gasteiger partial charge on any atom is 0.314 e. The first-order valence-corrected chi connectivity index (χ1v) is 10.0. The Kier molecular flexibility index (Phi) is 5.01. The summed E-state index contributed by atoms with van der Waals surface area (Å²) in [4.78, 5) is 12.3. The van der Waals surface area contributed by atoms with E-state index >= 15 is 0 Å². The van der Waals surface area contributed by atoms with Crippen LogP contribution in [0.1, 0.15) is 17.0 Å². The molecule has 1 aliphatic rings. The quantitative estimate of drug-likeness (QED) is 0.782. The lowest BCUT2D eigenvalue weighted by molar-refractivity contribution is -0.145. The molecule has 0 aliphatic heterocycles. The summed E-state index contributed by atoms with van der Waals surface area (Å²) in [6.45, 7) is 1.68. The van der Waals surface area contributed by atoms with E-state index in [0.29, 0.717) is 11.3 Å². The van der Waals surface area contributed by atoms with Gasteiger partial charge < -0.3 is 14.6 Å². The second-order valence-electron chi connectivity index (χ2n) is 6.81. The minimum absolute atomic E-state index is 0.121. The first kappa shape index (κ1) is 19.4. The molecule has 144 valence electrons. The van der Waals surface area contributed by atoms with Gasteiger partial charge in [-0.1, -0.05) is 29.8 Å². The van der Waals surface area contributed by atoms with Gasteiger partial charge in [-0.25, -0.2) is 8.42 Å². The lowest BCUT2D eigenvalue weighted by Gasteiger charge is -2.12. The molecule has 1 aliphatic carbocycles. The van der Waals surface area contributed by atoms with Crippen molar-refractivity contribution in [3.63, 3.8) is 0 Å². The SMILES string of the molecule is COC[C@]1(C(=O)O)[C@H](c2ccc(OC)cc2)[C@H]1S(=O)(=O)c1ccc(C)cc1. The largest absolute Gasteiger partial charge is 0.497 e. The first-order valence-electron chi connectivity index (χ1n) is 8.46. The van der Waals surface area contributed by atoms with Crippen molar-refractivity contribution in [3.05, 3.63) is 59.7 Å². The van der Waals surface area contributed by atoms with E-state index in [0.717, 1.165) is 5.56 Å². The molecule has 1 fully saturated rings. The van der Waals surface area contributed by atoms with Gasteiger partial charge in [0.1, 0.15) is 11.2 Å². The number of carboxylic acids is 1. The topological polar surface area (TPSA) is 89.9 Å². The molecule has 7 heteroatoms. The fourth-order valence-electron chi connectivity index (χ4n) is 3.75. The van der Waals surface area contributed by atoms with Gasteiger partial charge in [0.25, 0.3) is 0 Å². The summed E-state index contributed by atoms with van der Waals surface area (Å²) in [5.41, 5.74) is 0.0429. The average Bonchev–Trinajstić information content (AvgIpc) is 3.33. The highest BCUT2D eigenvalue weighted by molar-refractivity contribution is 7.92. The lowest BCUT2D eigenvalue weighted by Crippen LogP contribution is -2.28. The van der Waals surface area contributed by atoms with E-state index in [4.69, 9.17) is 9.47 Å². The van der Waals surface area contributed by atoms with E-state index in [-0.39, 0.29) is 11.5 Å². The molecule has 1 saturated carbocycles. The molecule has 0 heterocycles. The smallest absolute Gasteiger partial charge is 0.314 e. The van der Waals surface area contributed by atoms with E-state index in [1.165, 1.54) is 26.4 Å². The molecule has 0 amide bonds. The second-order valence-corrected chi connectivity index (χ2v) is 8.88. The number of aliphatic carboxylic acids is 1. The van der Waals surface area contributed by atoms with Gasteiger partial charge in [0.05, 0.1) is 23.9 Å². The zero-order valence-corrected chi connectivity index (χ0v) is 16.2. The summed E-state index contributed by atoms with van der Waals surface area (Å²) in [5.74, 6) is -1.26. The van der Waals surface area contributed by atoms with Crippen LogP contribution in [0.4, 0.5) is 0 Å². The maximum atomic E-state index is 13.3. The molecule has 3 rings (SSSR count). The highest BCUT2D eigenvalue weighted by atomic mass is 32.2. The number of methoxy groups -OCH3 is 2. The van der Waals surface area contributed by atoms with Crippen molar-refractivity contribution in [2.75, 3.05) is 20.8 Å². The molecular formula is C20H22O6S. The summed E-state index contributed by atoms with van der Waals surface area (Å²) in [6, 6.07) is 13.3. The molecule has 0 spiro atoms. The predicted molar refractivity (Wildman–Crippen MR) is 99.8 cm³/mol. The van der Waals surface area contributed by atoms with Crippen LogP contribution < -0.4 is 4.74 Å². The zero-order valence-electron chi connectivity index (χ0n) is 15.4. The van der Waals surface area contributed by atoms with Crippen LogP contribution in [0.5, 0.6) is 5.75 Å². The van der Waals surface area contributed by atoms with Gasteiger partial charge in [0, 0.05) is 13.0 Å². The number of hydrogen-bond acceptors (Lipinski definition) is 5. The number of rotatable bonds is 7. The molecule has 6 nitrogen and oxygen atoms in total. The van der Waals surface area contributed by atoms with Gasteiger partial charge in [-0.3, -0.25) is 4.79 Å². The minimum Gasteiger partial charge on any atom is -0.497 e. The Hall–Kier alpha value is -2.38. The Bertz CT molecular complexity index is 933. The highest BCUT2D eigenvalue weighted by Gasteiger charge is 2.76. The second kappa shape index (κ2) is 6.98. The Morgan fingerprint density at radius 1 is 1.07 bits per heavy atom. The van der Waals surface area contributed by atoms with Crippen molar-refractivity contribution in [1.29, 1.82) is 0 Å². The summed E-state index contributed by atoms with van der Waals surface area (Å²) in [6.07, 6.45) is 0. The third-order valence-electron chi connectivity index (χ3n) is 5.20. The van der Waals surface area contributed by atoms with Crippen molar-refractivity contribution in [3.8, 4) is 5.75 Å². The third-order valence-corrected chi connectivity index (χ3v) is 7.49. The molecule has 0 radical (unpaired) electrons. The molecular weight excluding hydrogens is 368 g/mol. The van der Waals surface area contributed by atoms with Gasteiger partial charge in [0.15, 0.2) is 9.84 Å². The molecule has 3 atom stereocenters. The van der Waals surface area contributed by atoms with Crippen molar-refractivity contribution in [2.24, 2.45) is 5.41 Å². The number of aryl methyl sites for hydroxylation is 1. The third kappa shape index (κ3) is 3.11. The van der Waals surface area contributed by atoms with Gasteiger partial charge in [0.2, 0.25) is 0 Å². The number of benzene rings is 2. The Morgan fingerprint density at radius 2 is 1.67 bits per heavy atom. The van der Waals surface area contributed by atoms with Gasteiger partial charge in [-0.05, 0) is 36.8 Å². The fraction of sp³-hybridized carbons (Fsp3) is 0.350. The molecule has 0 unspecified atom stereocenters. The van der Waals surface area contributed by atoms with Crippen LogP contribution in [-0.4, -0.2) is 45.6 Å². The monoisotopic (exact) mass is 390 g/mol. The van der Waals surface area contributed by atoms with Crippen LogP contribution in [0.25, 0.3) is 0 Å². The highest BCUT2D eigenvalue weighted by Crippen LogP contribution is 2.64. The van der Waals surface area contributed by atoms with Crippen molar-refractivity contribution < 1.29 is 27.8 Å². The molecule has 2 aromatic rings. The normalized spacial score (nSPS) is 24.4. The van der Waals surface area contributed by atoms with Crippen LogP contribution in [0.3, 0.4) is 0 Å². The van der Waals surface area contributed by atoms with Crippen LogP contribution >= 0.6 is 0 Å². The Morgan fingerprint density at radius 3 is 2.15 bits per heavy atom. The Balaban J connectivity index is 2.09. The van der Waals surface area contributed by atoms with Crippen molar-refractivity contribution >= 4 is 15.8 Å². The van der Waals surface area contributed by atoms with E-state index in [1.807, 2.05) is 6.92 Å². The summed E-state index contributed by atoms with van der Waals surface area (Å²) in [7, 11) is -0.953. The predicted octanol–water partition coefficient (Wildman–Crippen LogP) is 2.66. The lowest BCUT2D eigenvalue weighted by atomic mass is 10.00. The van der Waals surface area contributed by atoms with Crippen LogP contribution in [0.15, 0.2) is 53.4 Å². The summed E-state index contributed by atoms with van der Waals surface area (Å²) < 4.78 is 36.8. The number of hydrogen-bond donors (Lipinski definition) is 1. The number of carbonyl (C=O) groups is 1. The van der Waals surface area contributed by atoms with Crippen LogP contribution in [0, 0.1) is 12.3 Å². The molecule has 1 N–H and O–H groups in total. The van der Waals surface area contributed by atoms with E-state index < -0.39 is 32.4 Å². The maximum absolute atomic E-state index is 13.3. The van der Waals surface area contributed by atoms with Crippen molar-refractivity contribution in [2.45, 2.75) is 23.0 Å². The number of carboxylic acid groups (broad SMARTS) is 1. The standard InChI is InChI=1S/C20H22O6S/c1-13-4-10-16(11-5-13)27(23,24)18-17(20(18,12-25-2)19(21)22)14-6-8-15(26-3)9-7-14/h4-11,17-18H,12H2,1-3H3,(H,21,22)/t17-,18-,20+/m1/s1. The molecule has 0 bridgehead atoms. The number of ether oxygens (including phenoxy) is 2. The molecule has 27 heavy (non-hydrogen) atoms. The van der Waals surface area contributed by atoms with E-state index in [1.54, 1.807) is 36.4 Å². The van der Waals surface area contributed by atoms with Gasteiger partial charge in [-0.15, -0.1) is 0 Å². The van der Waals surface area contributed by atoms with Gasteiger partial charge >= 0.3 is 5.97 Å². The number of sulfone groups is 1. The van der Waals surface area contributed by atoms with Gasteiger partial charge in [-0.2, -0.15) is 0 Å². The zero-order chi connectivity index (χ0) is 19.8. The van der Waals surface area contributed by atoms with Crippen LogP contribution in [0.2, 0.25) is 0 Å². The average molecular weight is 390 g/mol. The molecule has 0 saturated heterocycles. The summed E-state index contributed by atoms with van der Waals surface area (Å²) >= 11 is 0. The van der Waals surface area contributed by atoms with E-state index in [9.17, 15) is 18.3 Å². The Labute approximate surface area is 158 Å².